The average molecular weight is 429 g/mol. The van der Waals surface area contributed by atoms with Gasteiger partial charge in [0, 0.05) is 12.1 Å². The number of hydrogen-bond acceptors (Lipinski definition) is 4. The second kappa shape index (κ2) is 7.73. The summed E-state index contributed by atoms with van der Waals surface area (Å²) in [5.41, 5.74) is 3.92. The Morgan fingerprint density at radius 3 is 2.21 bits per heavy atom. The summed E-state index contributed by atoms with van der Waals surface area (Å²) < 4.78 is 5.42. The molecule has 0 saturated carbocycles. The minimum Gasteiger partial charge on any atom is -0.476 e. The van der Waals surface area contributed by atoms with Gasteiger partial charge in [0.05, 0.1) is 15.7 Å². The lowest BCUT2D eigenvalue weighted by Gasteiger charge is -2.15. The van der Waals surface area contributed by atoms with E-state index >= 15 is 0 Å². The largest absolute Gasteiger partial charge is 0.476 e. The third kappa shape index (κ3) is 3.52. The van der Waals surface area contributed by atoms with Crippen LogP contribution >= 0.6 is 23.2 Å². The number of anilines is 1. The first-order valence-corrected chi connectivity index (χ1v) is 9.42. The molecule has 0 saturated heterocycles. The zero-order valence-electron chi connectivity index (χ0n) is 14.9. The van der Waals surface area contributed by atoms with Crippen LogP contribution in [-0.2, 0) is 4.74 Å². The Hall–Kier alpha value is -3.09. The quantitative estimate of drug-likeness (QED) is 0.576. The molecule has 4 rings (SSSR count). The van der Waals surface area contributed by atoms with E-state index in [1.807, 2.05) is 48.5 Å². The van der Waals surface area contributed by atoms with E-state index in [0.717, 1.165) is 28.5 Å². The smallest absolute Gasteiger partial charge is 0.411 e. The predicted molar refractivity (Wildman–Crippen MR) is 110 cm³/mol. The molecular formula is C21H14Cl2N2O4. The van der Waals surface area contributed by atoms with E-state index in [4.69, 9.17) is 33.0 Å². The Morgan fingerprint density at radius 1 is 1.03 bits per heavy atom. The summed E-state index contributed by atoms with van der Waals surface area (Å²) >= 11 is 12.0. The molecule has 0 atom stereocenters. The summed E-state index contributed by atoms with van der Waals surface area (Å²) in [6, 6.07) is 15.9. The molecule has 2 aromatic carbocycles. The van der Waals surface area contributed by atoms with Gasteiger partial charge in [-0.1, -0.05) is 71.7 Å². The number of fused-ring (bicyclic) bond motifs is 3. The molecule has 0 spiro atoms. The molecule has 1 amide bonds. The molecule has 0 unspecified atom stereocenters. The highest BCUT2D eigenvalue weighted by Gasteiger charge is 2.29. The van der Waals surface area contributed by atoms with Gasteiger partial charge in [0.15, 0.2) is 5.69 Å². The summed E-state index contributed by atoms with van der Waals surface area (Å²) in [6.07, 6.45) is 0.314. The Kier molecular flexibility index (Phi) is 5.13. The van der Waals surface area contributed by atoms with Crippen LogP contribution in [-0.4, -0.2) is 28.8 Å². The maximum atomic E-state index is 12.4. The summed E-state index contributed by atoms with van der Waals surface area (Å²) in [5, 5.41) is 11.3. The molecule has 2 N–H and O–H groups in total. The van der Waals surface area contributed by atoms with Crippen LogP contribution in [0.3, 0.4) is 0 Å². The van der Waals surface area contributed by atoms with E-state index in [1.54, 1.807) is 0 Å². The molecule has 3 aromatic rings. The number of rotatable bonds is 4. The van der Waals surface area contributed by atoms with E-state index in [0.29, 0.717) is 0 Å². The molecule has 146 valence electrons. The minimum absolute atomic E-state index is 0.00788. The van der Waals surface area contributed by atoms with Crippen LogP contribution in [0.2, 0.25) is 10.0 Å². The first kappa shape index (κ1) is 19.2. The fraction of sp³-hybridized carbons (Fsp3) is 0.0952. The van der Waals surface area contributed by atoms with E-state index in [2.05, 4.69) is 10.3 Å². The van der Waals surface area contributed by atoms with Crippen molar-refractivity contribution < 1.29 is 19.4 Å². The van der Waals surface area contributed by atoms with Crippen molar-refractivity contribution in [1.29, 1.82) is 0 Å². The monoisotopic (exact) mass is 428 g/mol. The number of ether oxygens (including phenoxy) is 1. The number of amides is 1. The van der Waals surface area contributed by atoms with Gasteiger partial charge in [-0.3, -0.25) is 5.32 Å². The van der Waals surface area contributed by atoms with Gasteiger partial charge in [-0.15, -0.1) is 0 Å². The number of pyridine rings is 1. The number of carboxylic acids is 1. The topological polar surface area (TPSA) is 88.5 Å². The third-order valence-corrected chi connectivity index (χ3v) is 5.40. The predicted octanol–water partition coefficient (Wildman–Crippen LogP) is 5.45. The number of aromatic carboxylic acids is 1. The molecule has 1 aromatic heterocycles. The van der Waals surface area contributed by atoms with Crippen molar-refractivity contribution in [3.8, 4) is 11.1 Å². The molecule has 8 heteroatoms. The molecule has 0 aliphatic heterocycles. The zero-order chi connectivity index (χ0) is 20.5. The molecule has 29 heavy (non-hydrogen) atoms. The molecule has 0 fully saturated rings. The van der Waals surface area contributed by atoms with Crippen LogP contribution < -0.4 is 5.32 Å². The summed E-state index contributed by atoms with van der Waals surface area (Å²) in [4.78, 5) is 27.2. The van der Waals surface area contributed by atoms with Crippen molar-refractivity contribution >= 4 is 41.0 Å². The second-order valence-corrected chi connectivity index (χ2v) is 7.18. The van der Waals surface area contributed by atoms with Gasteiger partial charge in [0.1, 0.15) is 6.61 Å². The van der Waals surface area contributed by atoms with Gasteiger partial charge >= 0.3 is 12.1 Å². The summed E-state index contributed by atoms with van der Waals surface area (Å²) in [5.74, 6) is -1.44. The van der Waals surface area contributed by atoms with Crippen molar-refractivity contribution in [1.82, 2.24) is 4.98 Å². The van der Waals surface area contributed by atoms with E-state index in [1.165, 1.54) is 0 Å². The van der Waals surface area contributed by atoms with Crippen LogP contribution in [0, 0.1) is 0 Å². The van der Waals surface area contributed by atoms with Crippen LogP contribution in [0.1, 0.15) is 27.5 Å². The van der Waals surface area contributed by atoms with Crippen LogP contribution in [0.5, 0.6) is 0 Å². The highest BCUT2D eigenvalue weighted by Crippen LogP contribution is 2.44. The van der Waals surface area contributed by atoms with Crippen molar-refractivity contribution in [2.24, 2.45) is 0 Å². The van der Waals surface area contributed by atoms with Gasteiger partial charge in [-0.05, 0) is 22.3 Å². The molecule has 1 aliphatic carbocycles. The van der Waals surface area contributed by atoms with Crippen LogP contribution in [0.15, 0.2) is 54.7 Å². The fourth-order valence-corrected chi connectivity index (χ4v) is 3.98. The number of carboxylic acid groups (broad SMARTS) is 1. The number of carbonyl (C=O) groups excluding carboxylic acids is 1. The molecule has 6 nitrogen and oxygen atoms in total. The van der Waals surface area contributed by atoms with E-state index < -0.39 is 17.8 Å². The lowest BCUT2D eigenvalue weighted by Crippen LogP contribution is -2.19. The van der Waals surface area contributed by atoms with Gasteiger partial charge in [0.2, 0.25) is 0 Å². The number of halogens is 2. The first-order chi connectivity index (χ1) is 14.0. The van der Waals surface area contributed by atoms with Gasteiger partial charge < -0.3 is 9.84 Å². The molecule has 1 aliphatic rings. The van der Waals surface area contributed by atoms with Gasteiger partial charge in [0.25, 0.3) is 0 Å². The number of nitrogens with one attached hydrogen (secondary N) is 1. The highest BCUT2D eigenvalue weighted by atomic mass is 35.5. The molecule has 0 bridgehead atoms. The first-order valence-electron chi connectivity index (χ1n) is 8.66. The molecule has 0 radical (unpaired) electrons. The number of carbonyl (C=O) groups is 2. The van der Waals surface area contributed by atoms with Gasteiger partial charge in [-0.25, -0.2) is 14.6 Å². The van der Waals surface area contributed by atoms with E-state index in [9.17, 15) is 9.59 Å². The van der Waals surface area contributed by atoms with Crippen molar-refractivity contribution in [3.63, 3.8) is 0 Å². The van der Waals surface area contributed by atoms with Gasteiger partial charge in [-0.2, -0.15) is 0 Å². The Labute approximate surface area is 176 Å². The molecular weight excluding hydrogens is 415 g/mol. The standard InChI is InChI=1S/C21H14Cl2N2O4/c22-16-9-24-19(20(26)27)17(23)18(16)25-21(28)29-10-15-13-7-3-1-5-11(13)12-6-2-4-8-14(12)15/h1-9,15H,10H2,(H,26,27)(H,24,25,28). The highest BCUT2D eigenvalue weighted by molar-refractivity contribution is 6.41. The van der Waals surface area contributed by atoms with E-state index in [-0.39, 0.29) is 28.3 Å². The second-order valence-electron chi connectivity index (χ2n) is 6.40. The third-order valence-electron chi connectivity index (χ3n) is 4.75. The normalized spacial score (nSPS) is 12.2. The number of aromatic nitrogens is 1. The lowest BCUT2D eigenvalue weighted by molar-refractivity contribution is 0.0690. The summed E-state index contributed by atoms with van der Waals surface area (Å²) in [7, 11) is 0. The zero-order valence-corrected chi connectivity index (χ0v) is 16.4. The number of hydrogen-bond donors (Lipinski definition) is 2. The molecule has 1 heterocycles. The van der Waals surface area contributed by atoms with Crippen LogP contribution in [0.25, 0.3) is 11.1 Å². The Balaban J connectivity index is 1.53. The maximum absolute atomic E-state index is 12.4. The number of benzene rings is 2. The Bertz CT molecular complexity index is 1090. The Morgan fingerprint density at radius 2 is 1.62 bits per heavy atom. The SMILES string of the molecule is O=C(Nc1c(Cl)cnc(C(=O)O)c1Cl)OCC1c2ccccc2-c2ccccc21. The van der Waals surface area contributed by atoms with Crippen molar-refractivity contribution in [2.75, 3.05) is 11.9 Å². The fourth-order valence-electron chi connectivity index (χ4n) is 3.47. The number of nitrogens with zero attached hydrogens (tertiary/aromatic N) is 1. The van der Waals surface area contributed by atoms with Crippen molar-refractivity contribution in [2.45, 2.75) is 5.92 Å². The minimum atomic E-state index is -1.33. The summed E-state index contributed by atoms with van der Waals surface area (Å²) in [6.45, 7) is 0.103. The van der Waals surface area contributed by atoms with Crippen LogP contribution in [0.4, 0.5) is 10.5 Å². The van der Waals surface area contributed by atoms with Crippen molar-refractivity contribution in [3.05, 3.63) is 81.6 Å². The maximum Gasteiger partial charge on any atom is 0.411 e. The lowest BCUT2D eigenvalue weighted by atomic mass is 9.98. The average Bonchev–Trinajstić information content (AvgIpc) is 3.03.